The molecule has 2 unspecified atom stereocenters. The maximum Gasteiger partial charge on any atom is 0.308 e. The summed E-state index contributed by atoms with van der Waals surface area (Å²) in [5.74, 6) is -2.77. The summed E-state index contributed by atoms with van der Waals surface area (Å²) in [6.07, 6.45) is 6.27. The predicted molar refractivity (Wildman–Crippen MR) is 194 cm³/mol. The summed E-state index contributed by atoms with van der Waals surface area (Å²) in [5.41, 5.74) is -1.06. The van der Waals surface area contributed by atoms with Crippen molar-refractivity contribution in [1.82, 2.24) is 0 Å². The lowest BCUT2D eigenvalue weighted by Crippen LogP contribution is -2.58. The zero-order chi connectivity index (χ0) is 38.0. The molecule has 11 heteroatoms. The average molecular weight is 739 g/mol. The number of carboxylic acid groups (broad SMARTS) is 1. The fraction of sp³-hybridized carbons (Fsp3) is 0.976. The molecule has 0 saturated carbocycles. The second-order valence-corrected chi connectivity index (χ2v) is 18.7. The molecule has 11 nitrogen and oxygen atoms in total. The number of carboxylic acids is 1. The van der Waals surface area contributed by atoms with E-state index in [0.717, 1.165) is 51.4 Å². The van der Waals surface area contributed by atoms with Crippen LogP contribution in [0.15, 0.2) is 0 Å². The van der Waals surface area contributed by atoms with Gasteiger partial charge < -0.3 is 48.1 Å². The zero-order valence-corrected chi connectivity index (χ0v) is 33.8. The van der Waals surface area contributed by atoms with Crippen molar-refractivity contribution in [2.75, 3.05) is 20.8 Å². The SMILES string of the molecule is COC[C@]1(O)O[C@@H]([C@H]2C[C@H](C)[C@H]([C@]3(C)CCC([C@@]4(C)C[C@@H](C)[C@@]5(O[C@H](C[C@H]6CC[C@H](C)C([C@@H](C)C(=O)O)O6)C[C@@H](OC)[C@H]5C)O4)O3)O2)[C@@H](C)C[C@H]1C. The minimum Gasteiger partial charge on any atom is -0.481 e. The number of hydrogen-bond acceptors (Lipinski definition) is 10. The van der Waals surface area contributed by atoms with Crippen LogP contribution in [0.3, 0.4) is 0 Å². The van der Waals surface area contributed by atoms with E-state index >= 15 is 0 Å². The predicted octanol–water partition coefficient (Wildman–Crippen LogP) is 6.36. The molecule has 6 saturated heterocycles. The van der Waals surface area contributed by atoms with Crippen LogP contribution in [-0.4, -0.2) is 109 Å². The standard InChI is InChI=1S/C41H70O11/c1-22-12-13-29(47-34(22)27(6)37(42)43)18-30-19-31(46-11)28(7)41(49-30)26(5)20-39(9,52-41)33-14-15-38(8,50-33)36-24(3)17-32(48-36)35-23(2)16-25(4)40(44,51-35)21-45-10/h22-36,44H,12-21H2,1-11H3,(H,42,43)/t22-,23-,24-,25+,26+,27+,28+,29+,30+,31+,32+,33?,34?,35+,36+,38-,39+,40-,41+/m0/s1. The van der Waals surface area contributed by atoms with E-state index in [9.17, 15) is 15.0 Å². The first kappa shape index (κ1) is 40.8. The Bertz CT molecular complexity index is 1250. The lowest BCUT2D eigenvalue weighted by Gasteiger charge is -2.50. The third kappa shape index (κ3) is 7.38. The van der Waals surface area contributed by atoms with Gasteiger partial charge in [-0.05, 0) is 83.5 Å². The Morgan fingerprint density at radius 1 is 0.846 bits per heavy atom. The number of hydrogen-bond donors (Lipinski definition) is 2. The van der Waals surface area contributed by atoms with E-state index in [1.54, 1.807) is 21.1 Å². The monoisotopic (exact) mass is 738 g/mol. The van der Waals surface area contributed by atoms with E-state index in [0.29, 0.717) is 6.42 Å². The van der Waals surface area contributed by atoms with Crippen LogP contribution in [0.5, 0.6) is 0 Å². The largest absolute Gasteiger partial charge is 0.481 e. The van der Waals surface area contributed by atoms with Crippen LogP contribution >= 0.6 is 0 Å². The normalized spacial score (nSPS) is 53.4. The molecule has 0 aromatic carbocycles. The van der Waals surface area contributed by atoms with Crippen molar-refractivity contribution in [1.29, 1.82) is 0 Å². The summed E-state index contributed by atoms with van der Waals surface area (Å²) >= 11 is 0. The molecule has 0 bridgehead atoms. The number of rotatable bonds is 10. The molecule has 300 valence electrons. The smallest absolute Gasteiger partial charge is 0.308 e. The Morgan fingerprint density at radius 3 is 2.25 bits per heavy atom. The van der Waals surface area contributed by atoms with Gasteiger partial charge in [-0.3, -0.25) is 4.79 Å². The van der Waals surface area contributed by atoms with Crippen LogP contribution in [0.25, 0.3) is 0 Å². The van der Waals surface area contributed by atoms with Crippen LogP contribution in [0.1, 0.15) is 120 Å². The summed E-state index contributed by atoms with van der Waals surface area (Å²) in [5, 5.41) is 21.0. The molecular formula is C41H70O11. The molecule has 6 rings (SSSR count). The minimum absolute atomic E-state index is 0.00124. The van der Waals surface area contributed by atoms with E-state index in [4.69, 9.17) is 37.9 Å². The molecule has 52 heavy (non-hydrogen) atoms. The molecule has 0 amide bonds. The van der Waals surface area contributed by atoms with Crippen LogP contribution in [0, 0.1) is 41.4 Å². The van der Waals surface area contributed by atoms with E-state index in [-0.39, 0.29) is 90.9 Å². The van der Waals surface area contributed by atoms with Gasteiger partial charge in [-0.15, -0.1) is 0 Å². The Morgan fingerprint density at radius 2 is 1.58 bits per heavy atom. The fourth-order valence-electron chi connectivity index (χ4n) is 11.5. The third-order valence-corrected chi connectivity index (χ3v) is 14.5. The van der Waals surface area contributed by atoms with Gasteiger partial charge in [-0.25, -0.2) is 0 Å². The Labute approximate surface area is 312 Å². The van der Waals surface area contributed by atoms with Gasteiger partial charge in [-0.1, -0.05) is 41.5 Å². The maximum atomic E-state index is 11.8. The molecule has 6 aliphatic heterocycles. The summed E-state index contributed by atoms with van der Waals surface area (Å²) in [6.45, 7) is 19.3. The van der Waals surface area contributed by atoms with E-state index in [2.05, 4.69) is 48.5 Å². The third-order valence-electron chi connectivity index (χ3n) is 14.5. The molecule has 0 aromatic rings. The molecule has 2 N–H and O–H groups in total. The maximum absolute atomic E-state index is 11.8. The number of aliphatic hydroxyl groups is 1. The summed E-state index contributed by atoms with van der Waals surface area (Å²) in [6, 6.07) is 0. The Kier molecular flexibility index (Phi) is 11.9. The highest BCUT2D eigenvalue weighted by Gasteiger charge is 2.65. The zero-order valence-electron chi connectivity index (χ0n) is 33.8. The first-order valence-electron chi connectivity index (χ1n) is 20.4. The molecule has 0 aromatic heterocycles. The van der Waals surface area contributed by atoms with Gasteiger partial charge in [0, 0.05) is 44.8 Å². The van der Waals surface area contributed by atoms with Crippen LogP contribution < -0.4 is 0 Å². The highest BCUT2D eigenvalue weighted by atomic mass is 16.7. The van der Waals surface area contributed by atoms with Gasteiger partial charge in [0.2, 0.25) is 0 Å². The van der Waals surface area contributed by atoms with E-state index < -0.39 is 34.7 Å². The topological polar surface area (TPSA) is 131 Å². The lowest BCUT2D eigenvalue weighted by atomic mass is 9.78. The van der Waals surface area contributed by atoms with Gasteiger partial charge in [0.25, 0.3) is 0 Å². The van der Waals surface area contributed by atoms with Gasteiger partial charge in [0.05, 0.1) is 66.0 Å². The van der Waals surface area contributed by atoms with E-state index in [1.165, 1.54) is 0 Å². The molecule has 19 atom stereocenters. The van der Waals surface area contributed by atoms with Gasteiger partial charge >= 0.3 is 5.97 Å². The molecule has 1 spiro atoms. The van der Waals surface area contributed by atoms with Crippen molar-refractivity contribution in [2.24, 2.45) is 41.4 Å². The second kappa shape index (κ2) is 15.2. The highest BCUT2D eigenvalue weighted by molar-refractivity contribution is 5.70. The minimum atomic E-state index is -1.32. The summed E-state index contributed by atoms with van der Waals surface area (Å²) in [4.78, 5) is 11.8. The number of carbonyl (C=O) groups is 1. The Balaban J connectivity index is 1.13. The van der Waals surface area contributed by atoms with Crippen molar-refractivity contribution in [3.8, 4) is 0 Å². The summed E-state index contributed by atoms with van der Waals surface area (Å²) in [7, 11) is 3.37. The van der Waals surface area contributed by atoms with Crippen LogP contribution in [-0.2, 0) is 42.7 Å². The van der Waals surface area contributed by atoms with Gasteiger partial charge in [0.15, 0.2) is 11.6 Å². The van der Waals surface area contributed by atoms with Crippen LogP contribution in [0.4, 0.5) is 0 Å². The van der Waals surface area contributed by atoms with Crippen molar-refractivity contribution in [3.05, 3.63) is 0 Å². The molecule has 0 radical (unpaired) electrons. The van der Waals surface area contributed by atoms with Crippen LogP contribution in [0.2, 0.25) is 0 Å². The Hall–Kier alpha value is -0.890. The van der Waals surface area contributed by atoms with Crippen molar-refractivity contribution in [2.45, 2.75) is 192 Å². The lowest BCUT2D eigenvalue weighted by molar-refractivity contribution is -0.353. The second-order valence-electron chi connectivity index (χ2n) is 18.7. The number of ether oxygens (including phenoxy) is 8. The molecule has 6 heterocycles. The van der Waals surface area contributed by atoms with Gasteiger partial charge in [0.1, 0.15) is 6.61 Å². The van der Waals surface area contributed by atoms with Crippen molar-refractivity contribution >= 4 is 5.97 Å². The van der Waals surface area contributed by atoms with Crippen molar-refractivity contribution in [3.63, 3.8) is 0 Å². The molecule has 6 aliphatic rings. The molecule has 6 fully saturated rings. The summed E-state index contributed by atoms with van der Waals surface area (Å²) < 4.78 is 52.7. The first-order chi connectivity index (χ1) is 24.4. The number of aliphatic carboxylic acids is 1. The fourth-order valence-corrected chi connectivity index (χ4v) is 11.5. The average Bonchev–Trinajstić information content (AvgIpc) is 3.75. The quantitative estimate of drug-likeness (QED) is 0.260. The van der Waals surface area contributed by atoms with Crippen molar-refractivity contribution < 1.29 is 52.9 Å². The molecular weight excluding hydrogens is 668 g/mol. The van der Waals surface area contributed by atoms with E-state index in [1.807, 2.05) is 6.92 Å². The van der Waals surface area contributed by atoms with Gasteiger partial charge in [-0.2, -0.15) is 0 Å². The highest BCUT2D eigenvalue weighted by Crippen LogP contribution is 2.57. The number of methoxy groups -OCH3 is 2. The first-order valence-corrected chi connectivity index (χ1v) is 20.4. The molecule has 0 aliphatic carbocycles.